The largest absolute Gasteiger partial charge is 0.279 e. The summed E-state index contributed by atoms with van der Waals surface area (Å²) in [6.07, 6.45) is 0. The van der Waals surface area contributed by atoms with Crippen molar-refractivity contribution in [1.29, 1.82) is 0 Å². The number of hydrogen-bond acceptors (Lipinski definition) is 3. The molecule has 4 heavy (non-hydrogen) atoms. The molecule has 0 bridgehead atoms. The lowest BCUT2D eigenvalue weighted by Gasteiger charge is -1.25. The van der Waals surface area contributed by atoms with Crippen LogP contribution in [0, 0.1) is 0 Å². The van der Waals surface area contributed by atoms with E-state index in [2.05, 4.69) is 0 Å². The normalized spacial score (nSPS) is 2.50. The highest BCUT2D eigenvalue weighted by Gasteiger charge is 0.745. The Morgan fingerprint density at radius 2 is 1.25 bits per heavy atom. The van der Waals surface area contributed by atoms with Gasteiger partial charge >= 0.3 is 0 Å². The second-order valence-electron chi connectivity index (χ2n) is 0. The fourth-order valence-corrected chi connectivity index (χ4v) is 0. The van der Waals surface area contributed by atoms with Crippen LogP contribution in [0.25, 0.3) is 0 Å². The van der Waals surface area contributed by atoms with Gasteiger partial charge in [-0.2, -0.15) is 0 Å². The monoisotopic (exact) mass is 82.0 g/mol. The van der Waals surface area contributed by atoms with E-state index >= 15 is 0 Å². The van der Waals surface area contributed by atoms with Gasteiger partial charge in [0, 0.05) is 0 Å². The maximum absolute atomic E-state index is 8.06. The van der Waals surface area contributed by atoms with Crippen LogP contribution in [0.3, 0.4) is 0 Å². The van der Waals surface area contributed by atoms with Crippen LogP contribution >= 0.6 is 9.12 Å². The highest BCUT2D eigenvalue weighted by Crippen LogP contribution is 1.23. The topological polar surface area (TPSA) is 57.5 Å². The Kier molecular flexibility index (Phi) is 69200. The molecule has 0 spiro atoms. The molecule has 3 nitrogen and oxygen atoms in total. The molecule has 0 heterocycles. The molecule has 0 aromatic carbocycles. The predicted molar refractivity (Wildman–Crippen MR) is 14.3 cm³/mol. The predicted octanol–water partition coefficient (Wildman–Crippen LogP) is 0.492. The minimum Gasteiger partial charge on any atom is -0.279 e. The van der Waals surface area contributed by atoms with Crippen LogP contribution in [-0.4, -0.2) is 10.5 Å². The zero-order chi connectivity index (χ0) is 4.00. The van der Waals surface area contributed by atoms with Crippen LogP contribution in [0.15, 0.2) is 0 Å². The lowest BCUT2D eigenvalue weighted by Crippen LogP contribution is -1.29. The summed E-state index contributed by atoms with van der Waals surface area (Å²) in [7, 11) is 1.72. The van der Waals surface area contributed by atoms with Crippen molar-refractivity contribution >= 4 is 9.12 Å². The average Bonchev–Trinajstić information content (AvgIpc) is 1.50. The number of hydrogen-bond donors (Lipinski definition) is 2. The fourth-order valence-electron chi connectivity index (χ4n) is 0. The van der Waals surface area contributed by atoms with Crippen LogP contribution in [0.4, 0.5) is 0 Å². The molecule has 0 aromatic heterocycles. The number of rotatable bonds is 0. The van der Waals surface area contributed by atoms with Crippen LogP contribution in [-0.2, 0) is 4.57 Å². The van der Waals surface area contributed by atoms with Gasteiger partial charge in [-0.05, 0) is 0 Å². The van der Waals surface area contributed by atoms with Gasteiger partial charge in [-0.1, -0.05) is 0 Å². The van der Waals surface area contributed by atoms with Gasteiger partial charge in [0.2, 0.25) is 0 Å². The Morgan fingerprint density at radius 1 is 1.25 bits per heavy atom. The molecule has 26 valence electrons. The second-order valence-corrected chi connectivity index (χ2v) is 0. The first-order chi connectivity index (χ1) is 2.00. The molecule has 0 fully saturated rings. The Hall–Kier alpha value is 0.0200. The van der Waals surface area contributed by atoms with E-state index in [9.17, 15) is 0 Å². The Bertz CT molecular complexity index is 3.25. The van der Waals surface area contributed by atoms with Crippen LogP contribution in [0.2, 0.25) is 0 Å². The van der Waals surface area contributed by atoms with Gasteiger partial charge in [0.05, 0.1) is 0 Å². The molecule has 0 saturated heterocycles. The lowest BCUT2D eigenvalue weighted by atomic mass is 15.0. The van der Waals surface area contributed by atoms with Crippen molar-refractivity contribution in [1.82, 2.24) is 0 Å². The average molecular weight is 82.0 g/mol. The summed E-state index contributed by atoms with van der Waals surface area (Å²) < 4.78 is 8.06. The van der Waals surface area contributed by atoms with Crippen LogP contribution in [0.1, 0.15) is 0 Å². The third kappa shape index (κ3) is 5250. The van der Waals surface area contributed by atoms with E-state index in [0.717, 1.165) is 0 Å². The fraction of sp³-hybridized carbons (Fsp3) is 0. The highest BCUT2D eigenvalue weighted by molar-refractivity contribution is 7.00. The van der Waals surface area contributed by atoms with Crippen LogP contribution in [0.5, 0.6) is 0 Å². The molecule has 0 radical (unpaired) electrons. The van der Waals surface area contributed by atoms with Crippen molar-refractivity contribution in [3.63, 3.8) is 0 Å². The highest BCUT2D eigenvalue weighted by atomic mass is 31.0. The van der Waals surface area contributed by atoms with E-state index in [1.54, 1.807) is 9.12 Å². The molecule has 0 unspecified atom stereocenters. The third-order valence-corrected chi connectivity index (χ3v) is 0. The molecule has 0 rings (SSSR count). The first-order valence-corrected chi connectivity index (χ1v) is 0.812. The molecule has 0 aromatic rings. The lowest BCUT2D eigenvalue weighted by molar-refractivity contribution is -0.176. The summed E-state index contributed by atoms with van der Waals surface area (Å²) in [5.41, 5.74) is 0. The minimum absolute atomic E-state index is 1.72. The molecule has 0 aliphatic rings. The molecule has 0 saturated carbocycles. The zero-order valence-corrected chi connectivity index (χ0v) is 2.80. The Morgan fingerprint density at radius 3 is 1.25 bits per heavy atom. The van der Waals surface area contributed by atoms with Gasteiger partial charge in [-0.25, -0.2) is 0 Å². The zero-order valence-electron chi connectivity index (χ0n) is 1.80. The second kappa shape index (κ2) is 30800. The van der Waals surface area contributed by atoms with Crippen molar-refractivity contribution < 1.29 is 15.1 Å². The Balaban J connectivity index is 0. The quantitative estimate of drug-likeness (QED) is 0.254. The summed E-state index contributed by atoms with van der Waals surface area (Å²) in [5.74, 6) is 0. The molecule has 0 aliphatic heterocycles. The van der Waals surface area contributed by atoms with Crippen molar-refractivity contribution in [2.24, 2.45) is 0 Å². The van der Waals surface area contributed by atoms with Gasteiger partial charge in [0.15, 0.2) is 0 Å². The molecule has 4 heteroatoms. The van der Waals surface area contributed by atoms with Crippen molar-refractivity contribution in [3.05, 3.63) is 0 Å². The SMILES string of the molecule is O=P.OO. The van der Waals surface area contributed by atoms with E-state index in [1.165, 1.54) is 0 Å². The van der Waals surface area contributed by atoms with E-state index in [1.807, 2.05) is 0 Å². The third-order valence-electron chi connectivity index (χ3n) is 0. The molecule has 0 amide bonds. The summed E-state index contributed by atoms with van der Waals surface area (Å²) >= 11 is 0. The Labute approximate surface area is 25.4 Å². The standard InChI is InChI=1S/H2O2.HOP/c2*1-2/h1-2H;2H. The van der Waals surface area contributed by atoms with E-state index in [0.29, 0.717) is 0 Å². The van der Waals surface area contributed by atoms with E-state index in [-0.39, 0.29) is 0 Å². The molecule has 0 atom stereocenters. The minimum atomic E-state index is 1.72. The van der Waals surface area contributed by atoms with Gasteiger partial charge < -0.3 is 0 Å². The maximum Gasteiger partial charge on any atom is 0.138 e. The van der Waals surface area contributed by atoms with Gasteiger partial charge in [-0.3, -0.25) is 15.1 Å². The molecular weight excluding hydrogens is 79.0 g/mol. The first-order valence-electron chi connectivity index (χ1n) is 0.404. The smallest absolute Gasteiger partial charge is 0.138 e. The molecular formula is H3O3P. The van der Waals surface area contributed by atoms with E-state index < -0.39 is 0 Å². The van der Waals surface area contributed by atoms with Crippen molar-refractivity contribution in [2.75, 3.05) is 0 Å². The van der Waals surface area contributed by atoms with Crippen molar-refractivity contribution in [2.45, 2.75) is 0 Å². The van der Waals surface area contributed by atoms with E-state index in [4.69, 9.17) is 15.1 Å². The van der Waals surface area contributed by atoms with Crippen molar-refractivity contribution in [3.8, 4) is 0 Å². The molecule has 2 N–H and O–H groups in total. The van der Waals surface area contributed by atoms with Gasteiger partial charge in [0.25, 0.3) is 0 Å². The van der Waals surface area contributed by atoms with Gasteiger partial charge in [0.1, 0.15) is 9.12 Å². The van der Waals surface area contributed by atoms with Gasteiger partial charge in [-0.15, -0.1) is 0 Å². The first kappa shape index (κ1) is 8.99. The summed E-state index contributed by atoms with van der Waals surface area (Å²) in [4.78, 5) is 0. The van der Waals surface area contributed by atoms with Crippen LogP contribution < -0.4 is 0 Å². The summed E-state index contributed by atoms with van der Waals surface area (Å²) in [5, 5.41) is 12.0. The maximum atomic E-state index is 8.06. The summed E-state index contributed by atoms with van der Waals surface area (Å²) in [6, 6.07) is 0. The molecule has 0 aliphatic carbocycles. The summed E-state index contributed by atoms with van der Waals surface area (Å²) in [6.45, 7) is 0.